The van der Waals surface area contributed by atoms with Crippen LogP contribution in [0.25, 0.3) is 0 Å². The number of benzene rings is 1. The van der Waals surface area contributed by atoms with Gasteiger partial charge < -0.3 is 10.6 Å². The van der Waals surface area contributed by atoms with E-state index >= 15 is 0 Å². The first-order valence-corrected chi connectivity index (χ1v) is 8.75. The van der Waals surface area contributed by atoms with E-state index in [4.69, 9.17) is 5.73 Å². The molecule has 0 amide bonds. The van der Waals surface area contributed by atoms with Gasteiger partial charge in [0.2, 0.25) is 0 Å². The molecule has 2 rings (SSSR count). The van der Waals surface area contributed by atoms with Crippen LogP contribution in [0.4, 0.5) is 11.4 Å². The first-order valence-electron chi connectivity index (χ1n) is 7.20. The Kier molecular flexibility index (Phi) is 4.28. The van der Waals surface area contributed by atoms with E-state index in [1.807, 2.05) is 6.07 Å². The number of rotatable bonds is 3. The molecule has 1 aromatic carbocycles. The van der Waals surface area contributed by atoms with Gasteiger partial charge in [-0.05, 0) is 50.8 Å². The molecule has 1 aliphatic rings. The average molecular weight is 296 g/mol. The number of hydrogen-bond donors (Lipinski definition) is 1. The second-order valence-electron chi connectivity index (χ2n) is 6.01. The van der Waals surface area contributed by atoms with Crippen molar-refractivity contribution in [2.45, 2.75) is 43.8 Å². The van der Waals surface area contributed by atoms with Crippen molar-refractivity contribution >= 4 is 21.2 Å². The summed E-state index contributed by atoms with van der Waals surface area (Å²) in [6, 6.07) is 5.33. The molecule has 112 valence electrons. The quantitative estimate of drug-likeness (QED) is 0.871. The zero-order valence-corrected chi connectivity index (χ0v) is 13.3. The third kappa shape index (κ3) is 2.92. The van der Waals surface area contributed by atoms with Gasteiger partial charge in [0.05, 0.1) is 15.8 Å². The summed E-state index contributed by atoms with van der Waals surface area (Å²) >= 11 is 0. The lowest BCUT2D eigenvalue weighted by Gasteiger charge is -2.33. The maximum absolute atomic E-state index is 12.2. The molecule has 1 atom stereocenters. The molecule has 1 heterocycles. The monoisotopic (exact) mass is 296 g/mol. The SMILES string of the molecule is CC(C)S(=O)(=O)c1ccc(N2CCC[C@H](C)C2)cc1N. The highest BCUT2D eigenvalue weighted by atomic mass is 32.2. The van der Waals surface area contributed by atoms with Crippen molar-refractivity contribution in [2.75, 3.05) is 23.7 Å². The Bertz CT molecular complexity index is 582. The topological polar surface area (TPSA) is 63.4 Å². The van der Waals surface area contributed by atoms with Crippen molar-refractivity contribution in [3.63, 3.8) is 0 Å². The van der Waals surface area contributed by atoms with Crippen LogP contribution in [0.2, 0.25) is 0 Å². The third-order valence-corrected chi connectivity index (χ3v) is 6.17. The van der Waals surface area contributed by atoms with Gasteiger partial charge in [-0.25, -0.2) is 8.42 Å². The van der Waals surface area contributed by atoms with Gasteiger partial charge in [0.1, 0.15) is 0 Å². The van der Waals surface area contributed by atoms with E-state index in [0.29, 0.717) is 11.6 Å². The van der Waals surface area contributed by atoms with Crippen molar-refractivity contribution in [3.05, 3.63) is 18.2 Å². The summed E-state index contributed by atoms with van der Waals surface area (Å²) in [5.41, 5.74) is 7.36. The number of hydrogen-bond acceptors (Lipinski definition) is 4. The summed E-state index contributed by atoms with van der Waals surface area (Å²) in [5, 5.41) is -0.453. The summed E-state index contributed by atoms with van der Waals surface area (Å²) in [4.78, 5) is 2.54. The Labute approximate surface area is 121 Å². The normalized spacial score (nSPS) is 20.4. The van der Waals surface area contributed by atoms with Crippen LogP contribution in [-0.4, -0.2) is 26.8 Å². The highest BCUT2D eigenvalue weighted by molar-refractivity contribution is 7.92. The fraction of sp³-hybridized carbons (Fsp3) is 0.600. The summed E-state index contributed by atoms with van der Waals surface area (Å²) < 4.78 is 24.4. The second-order valence-corrected chi connectivity index (χ2v) is 8.48. The molecule has 0 bridgehead atoms. The Balaban J connectivity index is 2.31. The Morgan fingerprint density at radius 1 is 1.35 bits per heavy atom. The molecule has 1 aliphatic heterocycles. The molecule has 0 unspecified atom stereocenters. The molecule has 0 spiro atoms. The van der Waals surface area contributed by atoms with E-state index in [-0.39, 0.29) is 4.90 Å². The van der Waals surface area contributed by atoms with Gasteiger partial charge in [0, 0.05) is 18.8 Å². The molecule has 0 radical (unpaired) electrons. The van der Waals surface area contributed by atoms with Crippen LogP contribution in [0.1, 0.15) is 33.6 Å². The van der Waals surface area contributed by atoms with Crippen LogP contribution < -0.4 is 10.6 Å². The molecule has 4 nitrogen and oxygen atoms in total. The zero-order valence-electron chi connectivity index (χ0n) is 12.5. The van der Waals surface area contributed by atoms with E-state index in [9.17, 15) is 8.42 Å². The van der Waals surface area contributed by atoms with Crippen molar-refractivity contribution in [1.82, 2.24) is 0 Å². The molecule has 5 heteroatoms. The molecule has 20 heavy (non-hydrogen) atoms. The molecule has 1 aromatic rings. The molecule has 2 N–H and O–H groups in total. The van der Waals surface area contributed by atoms with Crippen molar-refractivity contribution in [1.29, 1.82) is 0 Å². The van der Waals surface area contributed by atoms with Gasteiger partial charge in [-0.15, -0.1) is 0 Å². The predicted molar refractivity (Wildman–Crippen MR) is 83.8 cm³/mol. The van der Waals surface area contributed by atoms with Gasteiger partial charge in [-0.3, -0.25) is 0 Å². The van der Waals surface area contributed by atoms with Crippen molar-refractivity contribution in [2.24, 2.45) is 5.92 Å². The number of sulfone groups is 1. The van der Waals surface area contributed by atoms with Crippen LogP contribution in [0.15, 0.2) is 23.1 Å². The van der Waals surface area contributed by atoms with Gasteiger partial charge in [0.15, 0.2) is 9.84 Å². The van der Waals surface area contributed by atoms with E-state index < -0.39 is 15.1 Å². The number of nitrogen functional groups attached to an aromatic ring is 1. The summed E-state index contributed by atoms with van der Waals surface area (Å²) in [6.45, 7) is 7.62. The number of piperidine rings is 1. The lowest BCUT2D eigenvalue weighted by molar-refractivity contribution is 0.447. The number of nitrogens with zero attached hydrogens (tertiary/aromatic N) is 1. The molecular weight excluding hydrogens is 272 g/mol. The average Bonchev–Trinajstić information content (AvgIpc) is 2.38. The van der Waals surface area contributed by atoms with E-state index in [1.54, 1.807) is 26.0 Å². The third-order valence-electron chi connectivity index (χ3n) is 3.94. The van der Waals surface area contributed by atoms with Crippen LogP contribution >= 0.6 is 0 Å². The summed E-state index contributed by atoms with van der Waals surface area (Å²) in [6.07, 6.45) is 2.43. The molecular formula is C15H24N2O2S. The van der Waals surface area contributed by atoms with Crippen molar-refractivity contribution in [3.8, 4) is 0 Å². The number of anilines is 2. The first-order chi connectivity index (χ1) is 9.32. The zero-order chi connectivity index (χ0) is 14.9. The Morgan fingerprint density at radius 3 is 2.60 bits per heavy atom. The van der Waals surface area contributed by atoms with Gasteiger partial charge in [-0.1, -0.05) is 6.92 Å². The minimum atomic E-state index is -3.31. The highest BCUT2D eigenvalue weighted by Crippen LogP contribution is 2.29. The van der Waals surface area contributed by atoms with Crippen LogP contribution in [0, 0.1) is 5.92 Å². The van der Waals surface area contributed by atoms with E-state index in [1.165, 1.54) is 12.8 Å². The molecule has 1 fully saturated rings. The smallest absolute Gasteiger partial charge is 0.182 e. The lowest BCUT2D eigenvalue weighted by atomic mass is 10.00. The predicted octanol–water partition coefficient (Wildman–Crippen LogP) is 2.69. The van der Waals surface area contributed by atoms with E-state index in [2.05, 4.69) is 11.8 Å². The second kappa shape index (κ2) is 5.64. The fourth-order valence-corrected chi connectivity index (χ4v) is 3.82. The fourth-order valence-electron chi connectivity index (χ4n) is 2.67. The summed E-state index contributed by atoms with van der Waals surface area (Å²) in [5.74, 6) is 0.670. The highest BCUT2D eigenvalue weighted by Gasteiger charge is 2.23. The van der Waals surface area contributed by atoms with Gasteiger partial charge in [0.25, 0.3) is 0 Å². The molecule has 1 saturated heterocycles. The van der Waals surface area contributed by atoms with E-state index in [0.717, 1.165) is 18.8 Å². The maximum Gasteiger partial charge on any atom is 0.182 e. The van der Waals surface area contributed by atoms with Gasteiger partial charge in [-0.2, -0.15) is 0 Å². The van der Waals surface area contributed by atoms with Gasteiger partial charge >= 0.3 is 0 Å². The van der Waals surface area contributed by atoms with Crippen LogP contribution in [-0.2, 0) is 9.84 Å². The minimum Gasteiger partial charge on any atom is -0.398 e. The molecule has 0 aromatic heterocycles. The number of nitrogens with two attached hydrogens (primary N) is 1. The van der Waals surface area contributed by atoms with Crippen LogP contribution in [0.3, 0.4) is 0 Å². The van der Waals surface area contributed by atoms with Crippen molar-refractivity contribution < 1.29 is 8.42 Å². The largest absolute Gasteiger partial charge is 0.398 e. The van der Waals surface area contributed by atoms with Crippen LogP contribution in [0.5, 0.6) is 0 Å². The lowest BCUT2D eigenvalue weighted by Crippen LogP contribution is -2.34. The maximum atomic E-state index is 12.2. The first kappa shape index (κ1) is 15.2. The summed E-state index contributed by atoms with van der Waals surface area (Å²) in [7, 11) is -3.31. The molecule has 0 aliphatic carbocycles. The standard InChI is InChI=1S/C15H24N2O2S/c1-11(2)20(18,19)15-7-6-13(9-14(15)16)17-8-4-5-12(3)10-17/h6-7,9,11-12H,4-5,8,10,16H2,1-3H3/t12-/m0/s1. The Hall–Kier alpha value is -1.23. The molecule has 0 saturated carbocycles. The minimum absolute atomic E-state index is 0.251. The Morgan fingerprint density at radius 2 is 2.05 bits per heavy atom.